The lowest BCUT2D eigenvalue weighted by Crippen LogP contribution is -2.27. The molecule has 0 aliphatic carbocycles. The first-order valence-corrected chi connectivity index (χ1v) is 10.9. The first-order chi connectivity index (χ1) is 16.6. The lowest BCUT2D eigenvalue weighted by Gasteiger charge is -2.20. The zero-order chi connectivity index (χ0) is 27.5. The molecule has 3 heterocycles. The van der Waals surface area contributed by atoms with Gasteiger partial charge in [0.1, 0.15) is 11.8 Å². The lowest BCUT2D eigenvalue weighted by atomic mass is 9.96. The molecule has 14 heteroatoms. The number of aromatic nitrogens is 1. The van der Waals surface area contributed by atoms with Crippen LogP contribution in [0.2, 0.25) is 5.02 Å². The smallest absolute Gasteiger partial charge is 0.433 e. The highest BCUT2D eigenvalue weighted by molar-refractivity contribution is 6.30. The zero-order valence-electron chi connectivity index (χ0n) is 18.7. The lowest BCUT2D eigenvalue weighted by molar-refractivity contribution is -0.143. The minimum absolute atomic E-state index is 0.0622. The number of alkyl halides is 9. The molecule has 2 saturated heterocycles. The van der Waals surface area contributed by atoms with Crippen molar-refractivity contribution >= 4 is 17.7 Å². The van der Waals surface area contributed by atoms with Crippen LogP contribution in [0.25, 0.3) is 0 Å². The molecule has 200 valence electrons. The molecule has 4 rings (SSSR count). The van der Waals surface area contributed by atoms with Gasteiger partial charge in [0, 0.05) is 12.7 Å². The Morgan fingerprint density at radius 3 is 1.92 bits per heavy atom. The summed E-state index contributed by atoms with van der Waals surface area (Å²) in [5.74, 6) is 0. The predicted octanol–water partition coefficient (Wildman–Crippen LogP) is 8.16. The van der Waals surface area contributed by atoms with Gasteiger partial charge < -0.3 is 9.64 Å². The number of hydrogen-bond donors (Lipinski definition) is 0. The Morgan fingerprint density at radius 1 is 0.917 bits per heavy atom. The number of carbonyl (C=O) groups excluding carboxylic acids is 1. The van der Waals surface area contributed by atoms with E-state index in [0.717, 1.165) is 18.3 Å². The van der Waals surface area contributed by atoms with Gasteiger partial charge in [-0.2, -0.15) is 39.5 Å². The fourth-order valence-electron chi connectivity index (χ4n) is 3.57. The van der Waals surface area contributed by atoms with Gasteiger partial charge in [0.05, 0.1) is 22.2 Å². The number of nitrogens with zero attached hydrogens (tertiary/aromatic N) is 2. The van der Waals surface area contributed by atoms with Crippen molar-refractivity contribution < 1.29 is 49.0 Å². The summed E-state index contributed by atoms with van der Waals surface area (Å²) in [7, 11) is 0. The van der Waals surface area contributed by atoms with Crippen LogP contribution >= 0.6 is 11.6 Å². The molecular weight excluding hydrogens is 531 g/mol. The largest absolute Gasteiger partial charge is 0.439 e. The summed E-state index contributed by atoms with van der Waals surface area (Å²) in [6.07, 6.45) is -14.0. The second-order valence-corrected chi connectivity index (χ2v) is 7.84. The standard InChI is InChI=1S/C14H11F6NO2.C6H3ClF3N.C2H6/c15-13(16,17)8-4-7(5-9(6-8)14(18,19)20)11-10-2-1-3-21(10)12(22)23-11;7-4-1-2-5(11-3-4)6(8,9)10;1-2/h4-6,10-11H,1-3H2;1-3H;1-2H3. The molecular formula is C22H20ClF9N2O2. The molecule has 0 saturated carbocycles. The van der Waals surface area contributed by atoms with E-state index in [-0.39, 0.29) is 16.7 Å². The first kappa shape index (κ1) is 29.5. The average molecular weight is 551 g/mol. The Bertz CT molecular complexity index is 1010. The van der Waals surface area contributed by atoms with Crippen molar-refractivity contribution in [1.82, 2.24) is 9.88 Å². The van der Waals surface area contributed by atoms with Crippen molar-refractivity contribution in [1.29, 1.82) is 0 Å². The summed E-state index contributed by atoms with van der Waals surface area (Å²) in [6, 6.07) is 2.77. The van der Waals surface area contributed by atoms with Crippen LogP contribution in [0.3, 0.4) is 0 Å². The molecule has 0 N–H and O–H groups in total. The molecule has 36 heavy (non-hydrogen) atoms. The monoisotopic (exact) mass is 550 g/mol. The molecule has 2 aliphatic rings. The van der Waals surface area contributed by atoms with Crippen LogP contribution < -0.4 is 0 Å². The Kier molecular flexibility index (Phi) is 9.14. The van der Waals surface area contributed by atoms with Gasteiger partial charge >= 0.3 is 24.6 Å². The fourth-order valence-corrected chi connectivity index (χ4v) is 3.68. The number of hydrogen-bond acceptors (Lipinski definition) is 3. The molecule has 2 fully saturated rings. The number of amides is 1. The molecule has 2 aromatic rings. The van der Waals surface area contributed by atoms with Crippen molar-refractivity contribution in [3.63, 3.8) is 0 Å². The number of rotatable bonds is 1. The number of pyridine rings is 1. The number of ether oxygens (including phenoxy) is 1. The summed E-state index contributed by atoms with van der Waals surface area (Å²) in [6.45, 7) is 4.39. The summed E-state index contributed by atoms with van der Waals surface area (Å²) in [5.41, 5.74) is -4.03. The SMILES string of the molecule is CC.FC(F)(F)c1ccc(Cl)cn1.O=C1OC(c2cc(C(F)(F)F)cc(C(F)(F)F)c2)C2CCCN12. The minimum atomic E-state index is -4.92. The highest BCUT2D eigenvalue weighted by Crippen LogP contribution is 2.43. The number of benzene rings is 1. The number of cyclic esters (lactones) is 1. The second kappa shape index (κ2) is 11.1. The maximum atomic E-state index is 12.9. The van der Waals surface area contributed by atoms with E-state index in [4.69, 9.17) is 16.3 Å². The van der Waals surface area contributed by atoms with Crippen LogP contribution in [-0.4, -0.2) is 28.6 Å². The van der Waals surface area contributed by atoms with E-state index in [1.54, 1.807) is 0 Å². The summed E-state index contributed by atoms with van der Waals surface area (Å²) in [5, 5.41) is 0.193. The fraction of sp³-hybridized carbons (Fsp3) is 0.455. The molecule has 0 radical (unpaired) electrons. The first-order valence-electron chi connectivity index (χ1n) is 10.5. The van der Waals surface area contributed by atoms with Crippen molar-refractivity contribution in [2.75, 3.05) is 6.54 Å². The Hall–Kier alpha value is -2.70. The maximum Gasteiger partial charge on any atom is 0.433 e. The van der Waals surface area contributed by atoms with Gasteiger partial charge in [-0.1, -0.05) is 25.4 Å². The van der Waals surface area contributed by atoms with Crippen LogP contribution in [0.5, 0.6) is 0 Å². The van der Waals surface area contributed by atoms with Gasteiger partial charge in [-0.05, 0) is 48.7 Å². The maximum absolute atomic E-state index is 12.9. The topological polar surface area (TPSA) is 42.4 Å². The predicted molar refractivity (Wildman–Crippen MR) is 111 cm³/mol. The van der Waals surface area contributed by atoms with Crippen LogP contribution in [0.1, 0.15) is 55.2 Å². The van der Waals surface area contributed by atoms with E-state index in [1.165, 1.54) is 4.90 Å². The zero-order valence-corrected chi connectivity index (χ0v) is 19.5. The van der Waals surface area contributed by atoms with E-state index < -0.39 is 53.6 Å². The summed E-state index contributed by atoms with van der Waals surface area (Å²) < 4.78 is 118. The van der Waals surface area contributed by atoms with Crippen molar-refractivity contribution in [3.05, 3.63) is 63.9 Å². The summed E-state index contributed by atoms with van der Waals surface area (Å²) >= 11 is 5.33. The quantitative estimate of drug-likeness (QED) is 0.336. The molecule has 2 atom stereocenters. The van der Waals surface area contributed by atoms with Gasteiger partial charge in [0.25, 0.3) is 0 Å². The minimum Gasteiger partial charge on any atom is -0.439 e. The molecule has 2 aliphatic heterocycles. The third-order valence-electron chi connectivity index (χ3n) is 5.07. The Morgan fingerprint density at radius 2 is 1.47 bits per heavy atom. The Balaban J connectivity index is 0.000000295. The number of carbonyl (C=O) groups is 1. The molecule has 4 nitrogen and oxygen atoms in total. The van der Waals surface area contributed by atoms with Gasteiger partial charge in [-0.3, -0.25) is 4.98 Å². The second-order valence-electron chi connectivity index (χ2n) is 7.41. The van der Waals surface area contributed by atoms with E-state index in [9.17, 15) is 44.3 Å². The number of fused-ring (bicyclic) bond motifs is 1. The molecule has 1 aromatic carbocycles. The van der Waals surface area contributed by atoms with Crippen LogP contribution in [0.4, 0.5) is 44.3 Å². The van der Waals surface area contributed by atoms with E-state index in [0.29, 0.717) is 31.5 Å². The van der Waals surface area contributed by atoms with Gasteiger partial charge in [-0.25, -0.2) is 4.79 Å². The Labute approximate surface area is 205 Å². The van der Waals surface area contributed by atoms with Crippen molar-refractivity contribution in [3.8, 4) is 0 Å². The van der Waals surface area contributed by atoms with E-state index in [1.807, 2.05) is 13.8 Å². The third kappa shape index (κ3) is 7.17. The van der Waals surface area contributed by atoms with Crippen molar-refractivity contribution in [2.45, 2.75) is 57.4 Å². The van der Waals surface area contributed by atoms with Crippen molar-refractivity contribution in [2.24, 2.45) is 0 Å². The molecule has 0 bridgehead atoms. The average Bonchev–Trinajstić information content (AvgIpc) is 3.38. The van der Waals surface area contributed by atoms with Crippen LogP contribution in [-0.2, 0) is 23.3 Å². The number of halogens is 10. The summed E-state index contributed by atoms with van der Waals surface area (Å²) in [4.78, 5) is 16.1. The van der Waals surface area contributed by atoms with Gasteiger partial charge in [0.2, 0.25) is 0 Å². The third-order valence-corrected chi connectivity index (χ3v) is 5.29. The van der Waals surface area contributed by atoms with E-state index in [2.05, 4.69) is 4.98 Å². The molecule has 2 unspecified atom stereocenters. The van der Waals surface area contributed by atoms with Crippen LogP contribution in [0, 0.1) is 0 Å². The molecule has 1 aromatic heterocycles. The normalized spacial score (nSPS) is 19.6. The highest BCUT2D eigenvalue weighted by atomic mass is 35.5. The van der Waals surface area contributed by atoms with Crippen LogP contribution in [0.15, 0.2) is 36.5 Å². The molecule has 0 spiro atoms. The van der Waals surface area contributed by atoms with Gasteiger partial charge in [-0.15, -0.1) is 0 Å². The van der Waals surface area contributed by atoms with Gasteiger partial charge in [0.15, 0.2) is 0 Å². The molecule has 1 amide bonds. The van der Waals surface area contributed by atoms with E-state index >= 15 is 0 Å². The highest BCUT2D eigenvalue weighted by Gasteiger charge is 2.46.